The van der Waals surface area contributed by atoms with Crippen LogP contribution in [0.5, 0.6) is 5.75 Å². The maximum atomic E-state index is 13.0. The van der Waals surface area contributed by atoms with Crippen molar-refractivity contribution in [2.75, 3.05) is 38.2 Å². The van der Waals surface area contributed by atoms with Gasteiger partial charge in [0.05, 0.1) is 7.11 Å². The van der Waals surface area contributed by atoms with E-state index < -0.39 is 10.0 Å². The molecule has 8 heteroatoms. The standard InChI is InChI=1S/C17H18BrFN2O3S/c1-24-16-7-2-13(18)12-17(16)25(22,23)21-10-8-20(9-11-21)15-5-3-14(19)4-6-15/h2-7,12H,8-11H2,1H3. The zero-order valence-electron chi connectivity index (χ0n) is 13.7. The molecule has 0 N–H and O–H groups in total. The number of rotatable bonds is 4. The van der Waals surface area contributed by atoms with Crippen LogP contribution in [0.1, 0.15) is 0 Å². The molecule has 0 saturated carbocycles. The van der Waals surface area contributed by atoms with Gasteiger partial charge in [-0.2, -0.15) is 4.31 Å². The maximum absolute atomic E-state index is 13.0. The lowest BCUT2D eigenvalue weighted by molar-refractivity contribution is 0.374. The van der Waals surface area contributed by atoms with Crippen LogP contribution in [0.3, 0.4) is 0 Å². The Morgan fingerprint density at radius 2 is 1.68 bits per heavy atom. The summed E-state index contributed by atoms with van der Waals surface area (Å²) in [7, 11) is -2.19. The van der Waals surface area contributed by atoms with E-state index >= 15 is 0 Å². The average molecular weight is 429 g/mol. The van der Waals surface area contributed by atoms with Crippen molar-refractivity contribution in [1.29, 1.82) is 0 Å². The molecule has 1 saturated heterocycles. The van der Waals surface area contributed by atoms with Crippen molar-refractivity contribution in [3.05, 3.63) is 52.8 Å². The number of benzene rings is 2. The maximum Gasteiger partial charge on any atom is 0.246 e. The Labute approximate surface area is 155 Å². The number of methoxy groups -OCH3 is 1. The first-order valence-electron chi connectivity index (χ1n) is 7.76. The highest BCUT2D eigenvalue weighted by Crippen LogP contribution is 2.30. The third-order valence-corrected chi connectivity index (χ3v) is 6.59. The Kier molecular flexibility index (Phi) is 5.31. The Morgan fingerprint density at radius 3 is 2.28 bits per heavy atom. The summed E-state index contributed by atoms with van der Waals surface area (Å²) >= 11 is 3.31. The van der Waals surface area contributed by atoms with Gasteiger partial charge in [-0.15, -0.1) is 0 Å². The molecule has 134 valence electrons. The Morgan fingerprint density at radius 1 is 1.04 bits per heavy atom. The van der Waals surface area contributed by atoms with Crippen LogP contribution in [-0.2, 0) is 10.0 Å². The van der Waals surface area contributed by atoms with Crippen molar-refractivity contribution in [3.63, 3.8) is 0 Å². The van der Waals surface area contributed by atoms with Crippen LogP contribution in [0, 0.1) is 5.82 Å². The smallest absolute Gasteiger partial charge is 0.246 e. The second kappa shape index (κ2) is 7.31. The zero-order chi connectivity index (χ0) is 18.0. The first-order valence-corrected chi connectivity index (χ1v) is 9.99. The van der Waals surface area contributed by atoms with Crippen molar-refractivity contribution in [1.82, 2.24) is 4.31 Å². The second-order valence-electron chi connectivity index (χ2n) is 5.66. The minimum atomic E-state index is -3.65. The summed E-state index contributed by atoms with van der Waals surface area (Å²) in [6.45, 7) is 1.80. The molecule has 0 radical (unpaired) electrons. The SMILES string of the molecule is COc1ccc(Br)cc1S(=O)(=O)N1CCN(c2ccc(F)cc2)CC1. The lowest BCUT2D eigenvalue weighted by Gasteiger charge is -2.35. The van der Waals surface area contributed by atoms with Crippen LogP contribution in [0.4, 0.5) is 10.1 Å². The van der Waals surface area contributed by atoms with Crippen molar-refractivity contribution in [2.45, 2.75) is 4.90 Å². The second-order valence-corrected chi connectivity index (χ2v) is 8.48. The summed E-state index contributed by atoms with van der Waals surface area (Å²) in [6.07, 6.45) is 0. The molecule has 0 amide bonds. The predicted octanol–water partition coefficient (Wildman–Crippen LogP) is 3.11. The number of halogens is 2. The minimum Gasteiger partial charge on any atom is -0.495 e. The first kappa shape index (κ1) is 18.2. The molecule has 1 heterocycles. The highest BCUT2D eigenvalue weighted by Gasteiger charge is 2.31. The fraction of sp³-hybridized carbons (Fsp3) is 0.294. The van der Waals surface area contributed by atoms with Gasteiger partial charge in [0.15, 0.2) is 0 Å². The van der Waals surface area contributed by atoms with Crippen molar-refractivity contribution in [3.8, 4) is 5.75 Å². The molecule has 3 rings (SSSR count). The summed E-state index contributed by atoms with van der Waals surface area (Å²) in [5.41, 5.74) is 0.887. The molecule has 0 atom stereocenters. The highest BCUT2D eigenvalue weighted by atomic mass is 79.9. The Hall–Kier alpha value is -1.64. The number of anilines is 1. The molecule has 1 aliphatic heterocycles. The fourth-order valence-electron chi connectivity index (χ4n) is 2.83. The lowest BCUT2D eigenvalue weighted by Crippen LogP contribution is -2.48. The van der Waals surface area contributed by atoms with Gasteiger partial charge in [-0.3, -0.25) is 0 Å². The van der Waals surface area contributed by atoms with Crippen molar-refractivity contribution >= 4 is 31.6 Å². The van der Waals surface area contributed by atoms with Gasteiger partial charge in [0.2, 0.25) is 10.0 Å². The van der Waals surface area contributed by atoms with E-state index in [2.05, 4.69) is 15.9 Å². The molecule has 5 nitrogen and oxygen atoms in total. The van der Waals surface area contributed by atoms with E-state index in [9.17, 15) is 12.8 Å². The van der Waals surface area contributed by atoms with E-state index in [4.69, 9.17) is 4.74 Å². The van der Waals surface area contributed by atoms with Crippen LogP contribution in [0.2, 0.25) is 0 Å². The molecule has 25 heavy (non-hydrogen) atoms. The summed E-state index contributed by atoms with van der Waals surface area (Å²) in [4.78, 5) is 2.20. The molecule has 2 aromatic rings. The van der Waals surface area contributed by atoms with E-state index in [-0.39, 0.29) is 10.7 Å². The van der Waals surface area contributed by atoms with Gasteiger partial charge in [-0.1, -0.05) is 15.9 Å². The summed E-state index contributed by atoms with van der Waals surface area (Å²) in [6, 6.07) is 11.2. The lowest BCUT2D eigenvalue weighted by atomic mass is 10.2. The monoisotopic (exact) mass is 428 g/mol. The number of sulfonamides is 1. The van der Waals surface area contributed by atoms with E-state index in [1.54, 1.807) is 30.3 Å². The largest absolute Gasteiger partial charge is 0.495 e. The van der Waals surface area contributed by atoms with Gasteiger partial charge in [0.25, 0.3) is 0 Å². The number of hydrogen-bond donors (Lipinski definition) is 0. The number of ether oxygens (including phenoxy) is 1. The van der Waals surface area contributed by atoms with Gasteiger partial charge >= 0.3 is 0 Å². The van der Waals surface area contributed by atoms with Gasteiger partial charge < -0.3 is 9.64 Å². The van der Waals surface area contributed by atoms with Crippen LogP contribution >= 0.6 is 15.9 Å². The van der Waals surface area contributed by atoms with Crippen molar-refractivity contribution < 1.29 is 17.5 Å². The summed E-state index contributed by atoms with van der Waals surface area (Å²) in [5, 5.41) is 0. The molecule has 0 bridgehead atoms. The Bertz CT molecular complexity index is 851. The molecule has 0 aromatic heterocycles. The molecule has 1 aliphatic rings. The quantitative estimate of drug-likeness (QED) is 0.750. The van der Waals surface area contributed by atoms with Crippen LogP contribution in [0.15, 0.2) is 51.8 Å². The van der Waals surface area contributed by atoms with Crippen LogP contribution in [0.25, 0.3) is 0 Å². The highest BCUT2D eigenvalue weighted by molar-refractivity contribution is 9.10. The van der Waals surface area contributed by atoms with Gasteiger partial charge in [0, 0.05) is 36.3 Å². The van der Waals surface area contributed by atoms with Gasteiger partial charge in [0.1, 0.15) is 16.5 Å². The van der Waals surface area contributed by atoms with E-state index in [1.807, 2.05) is 4.90 Å². The number of hydrogen-bond acceptors (Lipinski definition) is 4. The molecular weight excluding hydrogens is 411 g/mol. The Balaban J connectivity index is 1.78. The van der Waals surface area contributed by atoms with Crippen LogP contribution < -0.4 is 9.64 Å². The third kappa shape index (κ3) is 3.80. The minimum absolute atomic E-state index is 0.152. The first-order chi connectivity index (χ1) is 11.9. The molecule has 0 unspecified atom stereocenters. The molecule has 0 spiro atoms. The molecular formula is C17H18BrFN2O3S. The number of nitrogens with zero attached hydrogens (tertiary/aromatic N) is 2. The topological polar surface area (TPSA) is 49.9 Å². The van der Waals surface area contributed by atoms with Crippen LogP contribution in [-0.4, -0.2) is 46.0 Å². The fourth-order valence-corrected chi connectivity index (χ4v) is 4.95. The zero-order valence-corrected chi connectivity index (χ0v) is 16.1. The molecule has 1 fully saturated rings. The van der Waals surface area contributed by atoms with Crippen molar-refractivity contribution in [2.24, 2.45) is 0 Å². The predicted molar refractivity (Wildman–Crippen MR) is 98.1 cm³/mol. The third-order valence-electron chi connectivity index (χ3n) is 4.17. The average Bonchev–Trinajstić information content (AvgIpc) is 2.62. The van der Waals surface area contributed by atoms with E-state index in [0.29, 0.717) is 36.4 Å². The molecule has 0 aliphatic carbocycles. The number of piperazine rings is 1. The summed E-state index contributed by atoms with van der Waals surface area (Å²) in [5.74, 6) is 0.0378. The van der Waals surface area contributed by atoms with Gasteiger partial charge in [-0.25, -0.2) is 12.8 Å². The normalized spacial score (nSPS) is 16.0. The van der Waals surface area contributed by atoms with Gasteiger partial charge in [-0.05, 0) is 42.5 Å². The van der Waals surface area contributed by atoms with E-state index in [1.165, 1.54) is 23.5 Å². The van der Waals surface area contributed by atoms with E-state index in [0.717, 1.165) is 5.69 Å². The molecule has 2 aromatic carbocycles. The summed E-state index contributed by atoms with van der Waals surface area (Å²) < 4.78 is 46.3.